The van der Waals surface area contributed by atoms with Crippen molar-refractivity contribution in [1.29, 1.82) is 0 Å². The summed E-state index contributed by atoms with van der Waals surface area (Å²) in [4.78, 5) is 19.7. The van der Waals surface area contributed by atoms with Crippen molar-refractivity contribution >= 4 is 26.8 Å². The Balaban J connectivity index is 1.58. The average molecular weight is 452 g/mol. The third kappa shape index (κ3) is 3.59. The van der Waals surface area contributed by atoms with Crippen LogP contribution in [0, 0.1) is 34.6 Å². The van der Waals surface area contributed by atoms with E-state index in [9.17, 15) is 13.2 Å². The van der Waals surface area contributed by atoms with Gasteiger partial charge < -0.3 is 4.90 Å². The molecule has 0 spiro atoms. The number of hydrogen-bond donors (Lipinski definition) is 0. The van der Waals surface area contributed by atoms with Crippen molar-refractivity contribution in [2.24, 2.45) is 0 Å². The van der Waals surface area contributed by atoms with Crippen LogP contribution in [-0.4, -0.2) is 54.7 Å². The number of hydrogen-bond acceptors (Lipinski definition) is 4. The second-order valence-corrected chi connectivity index (χ2v) is 10.4. The molecule has 32 heavy (non-hydrogen) atoms. The molecule has 0 saturated carbocycles. The lowest BCUT2D eigenvalue weighted by atomic mass is 9.95. The van der Waals surface area contributed by atoms with Gasteiger partial charge in [0.15, 0.2) is 0 Å². The second-order valence-electron chi connectivity index (χ2n) is 8.53. The van der Waals surface area contributed by atoms with E-state index in [0.29, 0.717) is 23.5 Å². The number of aromatic nitrogens is 1. The molecule has 0 aliphatic carbocycles. The minimum absolute atomic E-state index is 0.0879. The molecular formula is C25H29N3O3S. The Bertz CT molecular complexity index is 1290. The minimum atomic E-state index is -3.65. The maximum Gasteiger partial charge on any atom is 0.254 e. The molecule has 2 aromatic carbocycles. The summed E-state index contributed by atoms with van der Waals surface area (Å²) in [5, 5.41) is 0.812. The fraction of sp³-hybridized carbons (Fsp3) is 0.360. The number of amides is 1. The molecule has 1 saturated heterocycles. The van der Waals surface area contributed by atoms with E-state index in [-0.39, 0.29) is 19.0 Å². The fourth-order valence-corrected chi connectivity index (χ4v) is 6.56. The van der Waals surface area contributed by atoms with E-state index >= 15 is 0 Å². The molecule has 1 fully saturated rings. The molecule has 0 N–H and O–H groups in total. The Kier molecular flexibility index (Phi) is 5.81. The Labute approximate surface area is 189 Å². The molecule has 0 atom stereocenters. The quantitative estimate of drug-likeness (QED) is 0.605. The Morgan fingerprint density at radius 1 is 0.812 bits per heavy atom. The summed E-state index contributed by atoms with van der Waals surface area (Å²) in [5.74, 6) is -0.0879. The van der Waals surface area contributed by atoms with Crippen molar-refractivity contribution in [3.63, 3.8) is 0 Å². The number of benzene rings is 2. The number of rotatable bonds is 3. The summed E-state index contributed by atoms with van der Waals surface area (Å²) in [6, 6.07) is 9.23. The van der Waals surface area contributed by atoms with Gasteiger partial charge in [-0.3, -0.25) is 9.78 Å². The largest absolute Gasteiger partial charge is 0.336 e. The van der Waals surface area contributed by atoms with Gasteiger partial charge in [-0.2, -0.15) is 4.31 Å². The van der Waals surface area contributed by atoms with Crippen LogP contribution in [0.2, 0.25) is 0 Å². The summed E-state index contributed by atoms with van der Waals surface area (Å²) in [7, 11) is -3.65. The number of carbonyl (C=O) groups is 1. The third-order valence-corrected chi connectivity index (χ3v) is 9.10. The molecule has 168 valence electrons. The molecule has 6 nitrogen and oxygen atoms in total. The summed E-state index contributed by atoms with van der Waals surface area (Å²) < 4.78 is 28.7. The molecular weight excluding hydrogens is 422 g/mol. The molecule has 1 aliphatic heterocycles. The van der Waals surface area contributed by atoms with Gasteiger partial charge in [-0.15, -0.1) is 0 Å². The van der Waals surface area contributed by atoms with E-state index in [0.717, 1.165) is 38.7 Å². The number of nitrogens with zero attached hydrogens (tertiary/aromatic N) is 3. The van der Waals surface area contributed by atoms with E-state index in [1.165, 1.54) is 4.31 Å². The van der Waals surface area contributed by atoms with Crippen LogP contribution in [0.25, 0.3) is 10.9 Å². The number of sulfonamides is 1. The average Bonchev–Trinajstić information content (AvgIpc) is 2.80. The predicted molar refractivity (Wildman–Crippen MR) is 127 cm³/mol. The van der Waals surface area contributed by atoms with Gasteiger partial charge in [0.2, 0.25) is 10.0 Å². The highest BCUT2D eigenvalue weighted by Gasteiger charge is 2.33. The highest BCUT2D eigenvalue weighted by atomic mass is 32.2. The Morgan fingerprint density at radius 3 is 2.03 bits per heavy atom. The van der Waals surface area contributed by atoms with Gasteiger partial charge in [0.05, 0.1) is 10.4 Å². The molecule has 1 amide bonds. The maximum atomic E-state index is 13.6. The van der Waals surface area contributed by atoms with E-state index in [1.807, 2.05) is 58.9 Å². The lowest BCUT2D eigenvalue weighted by Gasteiger charge is -2.35. The molecule has 0 unspecified atom stereocenters. The zero-order chi connectivity index (χ0) is 23.2. The second kappa shape index (κ2) is 8.30. The van der Waals surface area contributed by atoms with Crippen LogP contribution in [0.15, 0.2) is 41.4 Å². The fourth-order valence-electron chi connectivity index (χ4n) is 4.57. The van der Waals surface area contributed by atoms with Gasteiger partial charge in [-0.25, -0.2) is 8.42 Å². The molecule has 1 aliphatic rings. The monoisotopic (exact) mass is 451 g/mol. The van der Waals surface area contributed by atoms with Gasteiger partial charge in [-0.05, 0) is 80.6 Å². The lowest BCUT2D eigenvalue weighted by Crippen LogP contribution is -2.50. The van der Waals surface area contributed by atoms with Crippen LogP contribution in [0.5, 0.6) is 0 Å². The number of pyridine rings is 1. The summed E-state index contributed by atoms with van der Waals surface area (Å²) in [5.41, 5.74) is 6.17. The van der Waals surface area contributed by atoms with Crippen molar-refractivity contribution in [3.8, 4) is 0 Å². The molecule has 2 heterocycles. The number of carbonyl (C=O) groups excluding carboxylic acids is 1. The first kappa shape index (κ1) is 22.4. The van der Waals surface area contributed by atoms with Crippen molar-refractivity contribution in [1.82, 2.24) is 14.2 Å². The first-order chi connectivity index (χ1) is 15.1. The maximum absolute atomic E-state index is 13.6. The molecule has 0 radical (unpaired) electrons. The highest BCUT2D eigenvalue weighted by molar-refractivity contribution is 7.89. The number of fused-ring (bicyclic) bond motifs is 1. The molecule has 1 aromatic heterocycles. The van der Waals surface area contributed by atoms with Crippen molar-refractivity contribution in [3.05, 3.63) is 69.9 Å². The predicted octanol–water partition coefficient (Wildman–Crippen LogP) is 3.92. The van der Waals surface area contributed by atoms with Crippen LogP contribution < -0.4 is 0 Å². The first-order valence-electron chi connectivity index (χ1n) is 10.8. The van der Waals surface area contributed by atoms with Gasteiger partial charge in [-0.1, -0.05) is 12.1 Å². The van der Waals surface area contributed by atoms with Gasteiger partial charge in [0.25, 0.3) is 5.91 Å². The number of piperazine rings is 1. The van der Waals surface area contributed by atoms with E-state index in [2.05, 4.69) is 4.98 Å². The van der Waals surface area contributed by atoms with Gasteiger partial charge >= 0.3 is 0 Å². The van der Waals surface area contributed by atoms with Gasteiger partial charge in [0.1, 0.15) is 0 Å². The molecule has 3 aromatic rings. The SMILES string of the molecule is Cc1c(C)c(C)c(S(=O)(=O)N2CCN(C(=O)c3cccc4ncccc34)CC2)c(C)c1C. The zero-order valence-electron chi connectivity index (χ0n) is 19.3. The lowest BCUT2D eigenvalue weighted by molar-refractivity contribution is 0.0700. The first-order valence-corrected chi connectivity index (χ1v) is 12.3. The van der Waals surface area contributed by atoms with Crippen molar-refractivity contribution in [2.45, 2.75) is 39.5 Å². The normalized spacial score (nSPS) is 15.3. The van der Waals surface area contributed by atoms with E-state index in [4.69, 9.17) is 0 Å². The molecule has 0 bridgehead atoms. The van der Waals surface area contributed by atoms with Crippen LogP contribution in [0.1, 0.15) is 38.2 Å². The Morgan fingerprint density at radius 2 is 1.41 bits per heavy atom. The summed E-state index contributed by atoms with van der Waals surface area (Å²) >= 11 is 0. The summed E-state index contributed by atoms with van der Waals surface area (Å²) in [6.07, 6.45) is 1.71. The van der Waals surface area contributed by atoms with Crippen molar-refractivity contribution < 1.29 is 13.2 Å². The minimum Gasteiger partial charge on any atom is -0.336 e. The van der Waals surface area contributed by atoms with Crippen LogP contribution in [0.4, 0.5) is 0 Å². The van der Waals surface area contributed by atoms with Gasteiger partial charge in [0, 0.05) is 43.3 Å². The smallest absolute Gasteiger partial charge is 0.254 e. The van der Waals surface area contributed by atoms with Crippen LogP contribution >= 0.6 is 0 Å². The summed E-state index contributed by atoms with van der Waals surface area (Å²) in [6.45, 7) is 11.0. The highest BCUT2D eigenvalue weighted by Crippen LogP contribution is 2.32. The van der Waals surface area contributed by atoms with Crippen LogP contribution in [-0.2, 0) is 10.0 Å². The standard InChI is InChI=1S/C25H29N3O3S/c1-16-17(2)19(4)24(20(5)18(16)3)32(30,31)28-14-12-27(13-15-28)25(29)22-8-6-10-23-21(22)9-7-11-26-23/h6-11H,12-15H2,1-5H3. The topological polar surface area (TPSA) is 70.6 Å². The van der Waals surface area contributed by atoms with Crippen molar-refractivity contribution in [2.75, 3.05) is 26.2 Å². The van der Waals surface area contributed by atoms with E-state index < -0.39 is 10.0 Å². The zero-order valence-corrected chi connectivity index (χ0v) is 20.1. The molecule has 7 heteroatoms. The third-order valence-electron chi connectivity index (χ3n) is 6.93. The Hall–Kier alpha value is -2.77. The molecule has 4 rings (SSSR count). The van der Waals surface area contributed by atoms with Crippen LogP contribution in [0.3, 0.4) is 0 Å². The van der Waals surface area contributed by atoms with E-state index in [1.54, 1.807) is 17.2 Å².